The largest absolute Gasteiger partial charge is 0.491 e. The summed E-state index contributed by atoms with van der Waals surface area (Å²) in [7, 11) is 0. The lowest BCUT2D eigenvalue weighted by Gasteiger charge is -2.12. The molecule has 176 valence electrons. The number of hydrogen-bond donors (Lipinski definition) is 0. The van der Waals surface area contributed by atoms with Gasteiger partial charge in [-0.15, -0.1) is 0 Å². The Morgan fingerprint density at radius 3 is 2.15 bits per heavy atom. The summed E-state index contributed by atoms with van der Waals surface area (Å²) in [5.74, 6) is -2.91. The van der Waals surface area contributed by atoms with Crippen molar-refractivity contribution in [2.24, 2.45) is 0 Å². The average molecular weight is 476 g/mol. The van der Waals surface area contributed by atoms with Crippen LogP contribution in [0.15, 0.2) is 54.9 Å². The van der Waals surface area contributed by atoms with Crippen LogP contribution in [0.4, 0.5) is 26.3 Å². The maximum atomic E-state index is 15.1. The van der Waals surface area contributed by atoms with Crippen LogP contribution in [0.3, 0.4) is 0 Å². The van der Waals surface area contributed by atoms with E-state index in [2.05, 4.69) is 9.97 Å². The number of alkyl halides is 3. The Morgan fingerprint density at radius 2 is 1.53 bits per heavy atom. The van der Waals surface area contributed by atoms with Crippen molar-refractivity contribution in [2.45, 2.75) is 25.9 Å². The number of aryl methyl sites for hydroxylation is 2. The second kappa shape index (κ2) is 9.32. The number of nitrogens with zero attached hydrogens (tertiary/aromatic N) is 2. The molecule has 3 aromatic carbocycles. The van der Waals surface area contributed by atoms with Gasteiger partial charge < -0.3 is 4.74 Å². The van der Waals surface area contributed by atoms with Gasteiger partial charge in [-0.3, -0.25) is 0 Å². The van der Waals surface area contributed by atoms with Crippen LogP contribution in [-0.2, 0) is 19.0 Å². The van der Waals surface area contributed by atoms with Gasteiger partial charge in [0.05, 0.1) is 19.0 Å². The molecule has 0 saturated carbocycles. The third-order valence-corrected chi connectivity index (χ3v) is 5.30. The van der Waals surface area contributed by atoms with Crippen LogP contribution < -0.4 is 4.74 Å². The first-order valence-corrected chi connectivity index (χ1v) is 10.4. The van der Waals surface area contributed by atoms with Gasteiger partial charge in [-0.2, -0.15) is 13.2 Å². The molecule has 0 unspecified atom stereocenters. The second-order valence-corrected chi connectivity index (χ2v) is 7.58. The minimum atomic E-state index is -5.13. The van der Waals surface area contributed by atoms with Crippen LogP contribution in [0.5, 0.6) is 5.75 Å². The fourth-order valence-corrected chi connectivity index (χ4v) is 3.70. The maximum Gasteiger partial charge on any atom is 0.422 e. The zero-order valence-electron chi connectivity index (χ0n) is 17.9. The van der Waals surface area contributed by atoms with Gasteiger partial charge in [-0.25, -0.2) is 23.1 Å². The Hall–Kier alpha value is -3.62. The van der Waals surface area contributed by atoms with Crippen LogP contribution in [-0.4, -0.2) is 16.6 Å². The summed E-state index contributed by atoms with van der Waals surface area (Å²) in [5, 5.41) is 0.930. The summed E-state index contributed by atoms with van der Waals surface area (Å²) < 4.78 is 86.2. The highest BCUT2D eigenvalue weighted by molar-refractivity contribution is 5.87. The quantitative estimate of drug-likeness (QED) is 0.284. The topological polar surface area (TPSA) is 35.0 Å². The molecule has 0 aliphatic rings. The van der Waals surface area contributed by atoms with Crippen molar-refractivity contribution in [2.75, 3.05) is 6.61 Å². The van der Waals surface area contributed by atoms with Gasteiger partial charge in [0, 0.05) is 10.9 Å². The van der Waals surface area contributed by atoms with Gasteiger partial charge in [0.15, 0.2) is 11.6 Å². The van der Waals surface area contributed by atoms with Crippen LogP contribution >= 0.6 is 0 Å². The SMILES string of the molecule is CCOc1cnc(-c2ccc3c(F)c(CCc4cc(F)c(C(F)(F)F)c(F)c4)ccc3c2)nc1. The van der Waals surface area contributed by atoms with E-state index >= 15 is 4.39 Å². The van der Waals surface area contributed by atoms with Gasteiger partial charge in [-0.05, 0) is 54.5 Å². The molecule has 0 aliphatic carbocycles. The Balaban J connectivity index is 1.55. The summed E-state index contributed by atoms with van der Waals surface area (Å²) in [5.41, 5.74) is -0.970. The molecule has 9 heteroatoms. The highest BCUT2D eigenvalue weighted by Crippen LogP contribution is 2.34. The lowest BCUT2D eigenvalue weighted by Crippen LogP contribution is -2.12. The summed E-state index contributed by atoms with van der Waals surface area (Å²) in [4.78, 5) is 8.50. The highest BCUT2D eigenvalue weighted by Gasteiger charge is 2.37. The molecular weight excluding hydrogens is 458 g/mol. The second-order valence-electron chi connectivity index (χ2n) is 7.58. The van der Waals surface area contributed by atoms with Crippen molar-refractivity contribution in [1.82, 2.24) is 9.97 Å². The van der Waals surface area contributed by atoms with E-state index in [1.165, 1.54) is 6.07 Å². The molecule has 3 nitrogen and oxygen atoms in total. The van der Waals surface area contributed by atoms with E-state index < -0.39 is 29.2 Å². The van der Waals surface area contributed by atoms with Gasteiger partial charge in [0.1, 0.15) is 23.0 Å². The number of rotatable bonds is 6. The monoisotopic (exact) mass is 476 g/mol. The predicted molar refractivity (Wildman–Crippen MR) is 115 cm³/mol. The third kappa shape index (κ3) is 4.83. The van der Waals surface area contributed by atoms with Crippen LogP contribution in [0.25, 0.3) is 22.2 Å². The average Bonchev–Trinajstić information content (AvgIpc) is 2.78. The fraction of sp³-hybridized carbons (Fsp3) is 0.200. The summed E-state index contributed by atoms with van der Waals surface area (Å²) in [6.45, 7) is 2.34. The standard InChI is InChI=1S/C25H18F6N2O/c1-2-34-18-12-32-24(33-13-18)17-7-8-19-16(11-17)6-5-15(23(19)28)4-3-14-9-20(26)22(21(27)10-14)25(29,30)31/h5-13H,2-4H2,1H3. The number of halogens is 6. The van der Waals surface area contributed by atoms with Crippen molar-refractivity contribution < 1.29 is 31.1 Å². The normalized spacial score (nSPS) is 11.7. The van der Waals surface area contributed by atoms with E-state index in [4.69, 9.17) is 4.74 Å². The van der Waals surface area contributed by atoms with Crippen molar-refractivity contribution in [1.29, 1.82) is 0 Å². The Labute approximate surface area is 191 Å². The lowest BCUT2D eigenvalue weighted by atomic mass is 9.98. The number of hydrogen-bond acceptors (Lipinski definition) is 3. The molecule has 0 fully saturated rings. The summed E-state index contributed by atoms with van der Waals surface area (Å²) in [6.07, 6.45) is -2.02. The van der Waals surface area contributed by atoms with Crippen molar-refractivity contribution in [3.8, 4) is 17.1 Å². The Bertz CT molecular complexity index is 1310. The van der Waals surface area contributed by atoms with E-state index in [1.54, 1.807) is 36.7 Å². The van der Waals surface area contributed by atoms with Gasteiger partial charge in [0.2, 0.25) is 0 Å². The Morgan fingerprint density at radius 1 is 0.853 bits per heavy atom. The van der Waals surface area contributed by atoms with Crippen molar-refractivity contribution in [3.05, 3.63) is 89.0 Å². The van der Waals surface area contributed by atoms with Gasteiger partial charge in [0.25, 0.3) is 0 Å². The smallest absolute Gasteiger partial charge is 0.422 e. The molecule has 4 rings (SSSR count). The first-order valence-electron chi connectivity index (χ1n) is 10.4. The summed E-state index contributed by atoms with van der Waals surface area (Å²) in [6, 6.07) is 9.49. The molecule has 0 spiro atoms. The van der Waals surface area contributed by atoms with E-state index in [0.29, 0.717) is 46.6 Å². The molecule has 0 radical (unpaired) electrons. The number of benzene rings is 3. The molecule has 0 saturated heterocycles. The Kier molecular flexibility index (Phi) is 6.45. The molecular formula is C25H18F6N2O. The van der Waals surface area contributed by atoms with Crippen molar-refractivity contribution in [3.63, 3.8) is 0 Å². The van der Waals surface area contributed by atoms with Crippen molar-refractivity contribution >= 4 is 10.8 Å². The van der Waals surface area contributed by atoms with E-state index in [1.807, 2.05) is 6.92 Å². The molecule has 0 bridgehead atoms. The minimum absolute atomic E-state index is 0.00509. The minimum Gasteiger partial charge on any atom is -0.491 e. The number of ether oxygens (including phenoxy) is 1. The first-order chi connectivity index (χ1) is 16.2. The van der Waals surface area contributed by atoms with Crippen LogP contribution in [0.1, 0.15) is 23.6 Å². The predicted octanol–water partition coefficient (Wildman–Crippen LogP) is 6.92. The zero-order chi connectivity index (χ0) is 24.5. The van der Waals surface area contributed by atoms with E-state index in [-0.39, 0.29) is 24.0 Å². The third-order valence-electron chi connectivity index (χ3n) is 5.30. The molecule has 0 atom stereocenters. The molecule has 4 aromatic rings. The molecule has 1 heterocycles. The molecule has 0 N–H and O–H groups in total. The van der Waals surface area contributed by atoms with Crippen LogP contribution in [0.2, 0.25) is 0 Å². The zero-order valence-corrected chi connectivity index (χ0v) is 17.9. The maximum absolute atomic E-state index is 15.1. The summed E-state index contributed by atoms with van der Waals surface area (Å²) >= 11 is 0. The fourth-order valence-electron chi connectivity index (χ4n) is 3.70. The van der Waals surface area contributed by atoms with E-state index in [9.17, 15) is 22.0 Å². The number of fused-ring (bicyclic) bond motifs is 1. The molecule has 34 heavy (non-hydrogen) atoms. The number of aromatic nitrogens is 2. The first kappa shape index (κ1) is 23.5. The molecule has 1 aromatic heterocycles. The van der Waals surface area contributed by atoms with Gasteiger partial charge in [-0.1, -0.05) is 24.3 Å². The van der Waals surface area contributed by atoms with E-state index in [0.717, 1.165) is 0 Å². The molecule has 0 aliphatic heterocycles. The lowest BCUT2D eigenvalue weighted by molar-refractivity contribution is -0.142. The van der Waals surface area contributed by atoms with Crippen LogP contribution in [0, 0.1) is 17.5 Å². The highest BCUT2D eigenvalue weighted by atomic mass is 19.4. The van der Waals surface area contributed by atoms with Gasteiger partial charge >= 0.3 is 6.18 Å². The molecule has 0 amide bonds.